The van der Waals surface area contributed by atoms with Gasteiger partial charge in [-0.2, -0.15) is 0 Å². The highest BCUT2D eigenvalue weighted by molar-refractivity contribution is 5.27. The molecule has 1 aliphatic rings. The smallest absolute Gasteiger partial charge is 0.0210 e. The minimum Gasteiger partial charge on any atom is -0.319 e. The second-order valence-corrected chi connectivity index (χ2v) is 4.28. The molecule has 0 amide bonds. The van der Waals surface area contributed by atoms with Crippen molar-refractivity contribution in [1.82, 2.24) is 10.6 Å². The van der Waals surface area contributed by atoms with Crippen LogP contribution < -0.4 is 10.6 Å². The van der Waals surface area contributed by atoms with Crippen molar-refractivity contribution < 1.29 is 0 Å². The van der Waals surface area contributed by atoms with E-state index in [1.807, 2.05) is 7.05 Å². The van der Waals surface area contributed by atoms with E-state index in [1.165, 1.54) is 24.0 Å². The number of nitrogens with one attached hydrogen (secondary N) is 2. The molecule has 0 heterocycles. The zero-order valence-electron chi connectivity index (χ0n) is 9.42. The zero-order chi connectivity index (χ0) is 10.5. The van der Waals surface area contributed by atoms with E-state index in [9.17, 15) is 0 Å². The van der Waals surface area contributed by atoms with Crippen molar-refractivity contribution in [2.45, 2.75) is 31.8 Å². The monoisotopic (exact) mass is 204 g/mol. The lowest BCUT2D eigenvalue weighted by molar-refractivity contribution is 0.678. The summed E-state index contributed by atoms with van der Waals surface area (Å²) in [6.45, 7) is 2.09. The largest absolute Gasteiger partial charge is 0.319 e. The molecule has 0 bridgehead atoms. The summed E-state index contributed by atoms with van der Waals surface area (Å²) in [6, 6.07) is 9.53. The first kappa shape index (κ1) is 10.7. The summed E-state index contributed by atoms with van der Waals surface area (Å²) in [5.41, 5.74) is 2.93. The Kier molecular flexibility index (Phi) is 3.75. The van der Waals surface area contributed by atoms with E-state index in [0.717, 1.165) is 25.6 Å². The standard InChI is InChI=1S/C13H20N2/c1-14-9-8-11-4-2-3-5-12(11)10-15-13-6-7-13/h2-5,13-15H,6-10H2,1H3. The van der Waals surface area contributed by atoms with Gasteiger partial charge in [0.25, 0.3) is 0 Å². The third-order valence-electron chi connectivity index (χ3n) is 2.92. The predicted molar refractivity (Wildman–Crippen MR) is 63.9 cm³/mol. The lowest BCUT2D eigenvalue weighted by Crippen LogP contribution is -2.18. The van der Waals surface area contributed by atoms with Crippen LogP contribution in [0.2, 0.25) is 0 Å². The fraction of sp³-hybridized carbons (Fsp3) is 0.538. The molecule has 2 nitrogen and oxygen atoms in total. The lowest BCUT2D eigenvalue weighted by atomic mass is 10.0. The van der Waals surface area contributed by atoms with Crippen molar-refractivity contribution in [1.29, 1.82) is 0 Å². The molecule has 1 aromatic carbocycles. The van der Waals surface area contributed by atoms with Gasteiger partial charge in [-0.3, -0.25) is 0 Å². The van der Waals surface area contributed by atoms with Gasteiger partial charge in [0, 0.05) is 12.6 Å². The van der Waals surface area contributed by atoms with Crippen LogP contribution in [0, 0.1) is 0 Å². The van der Waals surface area contributed by atoms with Crippen LogP contribution in [0.1, 0.15) is 24.0 Å². The highest BCUT2D eigenvalue weighted by Crippen LogP contribution is 2.20. The third-order valence-corrected chi connectivity index (χ3v) is 2.92. The summed E-state index contributed by atoms with van der Waals surface area (Å²) in [6.07, 6.45) is 3.84. The van der Waals surface area contributed by atoms with Crippen LogP contribution in [0.5, 0.6) is 0 Å². The summed E-state index contributed by atoms with van der Waals surface area (Å²) >= 11 is 0. The van der Waals surface area contributed by atoms with Crippen LogP contribution in [0.3, 0.4) is 0 Å². The van der Waals surface area contributed by atoms with E-state index in [0.29, 0.717) is 0 Å². The number of hydrogen-bond acceptors (Lipinski definition) is 2. The molecule has 0 aliphatic heterocycles. The minimum atomic E-state index is 0.794. The van der Waals surface area contributed by atoms with Gasteiger partial charge < -0.3 is 10.6 Å². The Hall–Kier alpha value is -0.860. The van der Waals surface area contributed by atoms with E-state index < -0.39 is 0 Å². The molecular weight excluding hydrogens is 184 g/mol. The second-order valence-electron chi connectivity index (χ2n) is 4.28. The van der Waals surface area contributed by atoms with Crippen molar-refractivity contribution in [3.63, 3.8) is 0 Å². The summed E-state index contributed by atoms with van der Waals surface area (Å²) in [5.74, 6) is 0. The summed E-state index contributed by atoms with van der Waals surface area (Å²) < 4.78 is 0. The maximum atomic E-state index is 3.57. The van der Waals surface area contributed by atoms with Crippen LogP contribution in [0.15, 0.2) is 24.3 Å². The van der Waals surface area contributed by atoms with Crippen molar-refractivity contribution in [2.75, 3.05) is 13.6 Å². The van der Waals surface area contributed by atoms with Gasteiger partial charge in [-0.1, -0.05) is 24.3 Å². The quantitative estimate of drug-likeness (QED) is 0.737. The average molecular weight is 204 g/mol. The molecule has 1 aromatic rings. The Bertz CT molecular complexity index is 305. The second kappa shape index (κ2) is 5.29. The predicted octanol–water partition coefficient (Wildman–Crippen LogP) is 1.70. The van der Waals surface area contributed by atoms with Gasteiger partial charge in [0.15, 0.2) is 0 Å². The van der Waals surface area contributed by atoms with E-state index in [1.54, 1.807) is 0 Å². The van der Waals surface area contributed by atoms with Crippen molar-refractivity contribution in [3.8, 4) is 0 Å². The molecule has 0 radical (unpaired) electrons. The van der Waals surface area contributed by atoms with Crippen LogP contribution in [-0.2, 0) is 13.0 Å². The average Bonchev–Trinajstić information content (AvgIpc) is 3.08. The van der Waals surface area contributed by atoms with E-state index in [-0.39, 0.29) is 0 Å². The maximum Gasteiger partial charge on any atom is 0.0210 e. The van der Waals surface area contributed by atoms with E-state index >= 15 is 0 Å². The van der Waals surface area contributed by atoms with Gasteiger partial charge in [0.2, 0.25) is 0 Å². The fourth-order valence-electron chi connectivity index (χ4n) is 1.78. The molecular formula is C13H20N2. The molecule has 15 heavy (non-hydrogen) atoms. The molecule has 0 unspecified atom stereocenters. The van der Waals surface area contributed by atoms with Gasteiger partial charge in [-0.05, 0) is 44.0 Å². The van der Waals surface area contributed by atoms with E-state index in [4.69, 9.17) is 0 Å². The number of hydrogen-bond donors (Lipinski definition) is 2. The molecule has 1 saturated carbocycles. The van der Waals surface area contributed by atoms with Crippen LogP contribution >= 0.6 is 0 Å². The number of likely N-dealkylation sites (N-methyl/N-ethyl adjacent to an activating group) is 1. The van der Waals surface area contributed by atoms with Crippen LogP contribution in [0.4, 0.5) is 0 Å². The van der Waals surface area contributed by atoms with Crippen LogP contribution in [0.25, 0.3) is 0 Å². The Morgan fingerprint density at radius 2 is 1.93 bits per heavy atom. The molecule has 2 rings (SSSR count). The maximum absolute atomic E-state index is 3.57. The molecule has 2 heteroatoms. The Labute approximate surface area is 92.1 Å². The third kappa shape index (κ3) is 3.33. The van der Waals surface area contributed by atoms with Gasteiger partial charge in [0.1, 0.15) is 0 Å². The Morgan fingerprint density at radius 3 is 2.60 bits per heavy atom. The molecule has 0 atom stereocenters. The summed E-state index contributed by atoms with van der Waals surface area (Å²) in [4.78, 5) is 0. The van der Waals surface area contributed by atoms with Gasteiger partial charge in [-0.25, -0.2) is 0 Å². The number of benzene rings is 1. The van der Waals surface area contributed by atoms with Gasteiger partial charge in [-0.15, -0.1) is 0 Å². The summed E-state index contributed by atoms with van der Waals surface area (Å²) in [5, 5.41) is 6.77. The molecule has 0 spiro atoms. The Balaban J connectivity index is 1.93. The SMILES string of the molecule is CNCCc1ccccc1CNC1CC1. The molecule has 1 fully saturated rings. The molecule has 2 N–H and O–H groups in total. The topological polar surface area (TPSA) is 24.1 Å². The lowest BCUT2D eigenvalue weighted by Gasteiger charge is -2.09. The van der Waals surface area contributed by atoms with Crippen LogP contribution in [-0.4, -0.2) is 19.6 Å². The highest BCUT2D eigenvalue weighted by atomic mass is 14.9. The Morgan fingerprint density at radius 1 is 1.20 bits per heavy atom. The molecule has 82 valence electrons. The first-order valence-electron chi connectivity index (χ1n) is 5.85. The molecule has 0 aromatic heterocycles. The fourth-order valence-corrected chi connectivity index (χ4v) is 1.78. The summed E-state index contributed by atoms with van der Waals surface area (Å²) in [7, 11) is 2.01. The van der Waals surface area contributed by atoms with Crippen molar-refractivity contribution >= 4 is 0 Å². The zero-order valence-corrected chi connectivity index (χ0v) is 9.42. The first-order valence-corrected chi connectivity index (χ1v) is 5.85. The highest BCUT2D eigenvalue weighted by Gasteiger charge is 2.20. The van der Waals surface area contributed by atoms with E-state index in [2.05, 4.69) is 34.9 Å². The van der Waals surface area contributed by atoms with Crippen molar-refractivity contribution in [2.24, 2.45) is 0 Å². The van der Waals surface area contributed by atoms with Crippen molar-refractivity contribution in [3.05, 3.63) is 35.4 Å². The molecule has 1 aliphatic carbocycles. The van der Waals surface area contributed by atoms with Gasteiger partial charge in [0.05, 0.1) is 0 Å². The normalized spacial score (nSPS) is 15.5. The molecule has 0 saturated heterocycles. The minimum absolute atomic E-state index is 0.794. The number of rotatable bonds is 6. The van der Waals surface area contributed by atoms with Gasteiger partial charge >= 0.3 is 0 Å². The first-order chi connectivity index (χ1) is 7.40.